The minimum Gasteiger partial charge on any atom is -0.346 e. The lowest BCUT2D eigenvalue weighted by Crippen LogP contribution is -2.07. The molecule has 0 radical (unpaired) electrons. The fourth-order valence-corrected chi connectivity index (χ4v) is 4.77. The molecule has 1 heteroatoms. The number of nitrogens with zero attached hydrogens (tertiary/aromatic N) is 1. The third kappa shape index (κ3) is 0.902. The molecule has 0 amide bonds. The summed E-state index contributed by atoms with van der Waals surface area (Å²) in [5, 5.41) is 0. The highest BCUT2D eigenvalue weighted by molar-refractivity contribution is 5.23. The van der Waals surface area contributed by atoms with Gasteiger partial charge in [-0.15, -0.1) is 0 Å². The van der Waals surface area contributed by atoms with E-state index in [4.69, 9.17) is 0 Å². The SMILES string of the molecule is Cc1ccc(C)n1C1C2C3CCC(C3)C21. The third-order valence-electron chi connectivity index (χ3n) is 5.32. The zero-order chi connectivity index (χ0) is 10.2. The van der Waals surface area contributed by atoms with Gasteiger partial charge in [-0.25, -0.2) is 0 Å². The van der Waals surface area contributed by atoms with E-state index < -0.39 is 0 Å². The standard InChI is InChI=1S/C14H19N/c1-8-3-4-9(2)15(8)14-12-10-5-6-11(7-10)13(12)14/h3-4,10-14H,5-7H2,1-2H3. The molecule has 3 aliphatic carbocycles. The van der Waals surface area contributed by atoms with Crippen molar-refractivity contribution in [2.45, 2.75) is 39.2 Å². The highest BCUT2D eigenvalue weighted by Gasteiger charge is 2.65. The molecule has 80 valence electrons. The summed E-state index contributed by atoms with van der Waals surface area (Å²) in [6.07, 6.45) is 4.62. The van der Waals surface area contributed by atoms with Crippen molar-refractivity contribution in [1.82, 2.24) is 4.57 Å². The van der Waals surface area contributed by atoms with Crippen LogP contribution in [0.4, 0.5) is 0 Å². The van der Waals surface area contributed by atoms with Crippen LogP contribution >= 0.6 is 0 Å². The van der Waals surface area contributed by atoms with Crippen LogP contribution < -0.4 is 0 Å². The molecule has 3 saturated carbocycles. The first-order valence-corrected chi connectivity index (χ1v) is 6.42. The van der Waals surface area contributed by atoms with Crippen molar-refractivity contribution in [1.29, 1.82) is 0 Å². The summed E-state index contributed by atoms with van der Waals surface area (Å²) in [4.78, 5) is 0. The van der Waals surface area contributed by atoms with Gasteiger partial charge in [-0.05, 0) is 68.9 Å². The predicted molar refractivity (Wildman–Crippen MR) is 60.8 cm³/mol. The van der Waals surface area contributed by atoms with Crippen molar-refractivity contribution in [3.05, 3.63) is 23.5 Å². The molecular formula is C14H19N. The molecular weight excluding hydrogens is 182 g/mol. The van der Waals surface area contributed by atoms with Crippen molar-refractivity contribution < 1.29 is 0 Å². The lowest BCUT2D eigenvalue weighted by molar-refractivity contribution is 0.446. The minimum atomic E-state index is 0.895. The van der Waals surface area contributed by atoms with Crippen molar-refractivity contribution >= 4 is 0 Å². The highest BCUT2D eigenvalue weighted by atomic mass is 15.1. The van der Waals surface area contributed by atoms with Crippen molar-refractivity contribution in [2.24, 2.45) is 23.7 Å². The van der Waals surface area contributed by atoms with Crippen LogP contribution in [-0.4, -0.2) is 4.57 Å². The molecule has 0 N–H and O–H groups in total. The van der Waals surface area contributed by atoms with Crippen LogP contribution in [0, 0.1) is 37.5 Å². The van der Waals surface area contributed by atoms with E-state index in [9.17, 15) is 0 Å². The molecule has 15 heavy (non-hydrogen) atoms. The molecule has 0 saturated heterocycles. The largest absolute Gasteiger partial charge is 0.346 e. The second-order valence-corrected chi connectivity index (χ2v) is 5.96. The van der Waals surface area contributed by atoms with E-state index in [0.29, 0.717) is 0 Å². The van der Waals surface area contributed by atoms with Gasteiger partial charge in [0, 0.05) is 17.4 Å². The Morgan fingerprint density at radius 3 is 2.07 bits per heavy atom. The monoisotopic (exact) mass is 201 g/mol. The normalized spacial score (nSPS) is 45.9. The van der Waals surface area contributed by atoms with Crippen LogP contribution in [0.3, 0.4) is 0 Å². The molecule has 0 aromatic carbocycles. The molecule has 0 aliphatic heterocycles. The van der Waals surface area contributed by atoms with E-state index in [1.807, 2.05) is 0 Å². The van der Waals surface area contributed by atoms with Gasteiger partial charge >= 0.3 is 0 Å². The molecule has 1 heterocycles. The topological polar surface area (TPSA) is 4.93 Å². The van der Waals surface area contributed by atoms with Gasteiger partial charge in [0.15, 0.2) is 0 Å². The van der Waals surface area contributed by atoms with Gasteiger partial charge < -0.3 is 4.57 Å². The van der Waals surface area contributed by atoms with Crippen LogP contribution in [0.5, 0.6) is 0 Å². The van der Waals surface area contributed by atoms with Crippen LogP contribution in [0.15, 0.2) is 12.1 Å². The number of hydrogen-bond acceptors (Lipinski definition) is 0. The smallest absolute Gasteiger partial charge is 0.0404 e. The number of hydrogen-bond donors (Lipinski definition) is 0. The zero-order valence-corrected chi connectivity index (χ0v) is 9.61. The maximum absolute atomic E-state index is 2.62. The summed E-state index contributed by atoms with van der Waals surface area (Å²) in [5.41, 5.74) is 2.96. The molecule has 0 spiro atoms. The maximum Gasteiger partial charge on any atom is 0.0404 e. The Bertz CT molecular complexity index is 381. The number of aryl methyl sites for hydroxylation is 2. The van der Waals surface area contributed by atoms with Crippen LogP contribution in [-0.2, 0) is 0 Å². The Morgan fingerprint density at radius 2 is 1.53 bits per heavy atom. The van der Waals surface area contributed by atoms with Crippen molar-refractivity contribution in [2.75, 3.05) is 0 Å². The van der Waals surface area contributed by atoms with Gasteiger partial charge in [-0.1, -0.05) is 0 Å². The van der Waals surface area contributed by atoms with E-state index in [0.717, 1.165) is 29.7 Å². The summed E-state index contributed by atoms with van der Waals surface area (Å²) in [7, 11) is 0. The Hall–Kier alpha value is -0.720. The lowest BCUT2D eigenvalue weighted by Gasteiger charge is -2.14. The number of rotatable bonds is 1. The Morgan fingerprint density at radius 1 is 1.00 bits per heavy atom. The summed E-state index contributed by atoms with van der Waals surface area (Å²) < 4.78 is 2.62. The Kier molecular flexibility index (Phi) is 1.41. The van der Waals surface area contributed by atoms with E-state index in [2.05, 4.69) is 30.5 Å². The van der Waals surface area contributed by atoms with Crippen LogP contribution in [0.25, 0.3) is 0 Å². The number of fused-ring (bicyclic) bond motifs is 5. The quantitative estimate of drug-likeness (QED) is 0.657. The average molecular weight is 201 g/mol. The lowest BCUT2D eigenvalue weighted by atomic mass is 10.0. The molecule has 4 unspecified atom stereocenters. The average Bonchev–Trinajstić information content (AvgIpc) is 2.61. The van der Waals surface area contributed by atoms with E-state index >= 15 is 0 Å². The zero-order valence-electron chi connectivity index (χ0n) is 9.61. The second kappa shape index (κ2) is 2.50. The molecule has 2 bridgehead atoms. The summed E-state index contributed by atoms with van der Waals surface area (Å²) in [6.45, 7) is 4.53. The molecule has 3 fully saturated rings. The Labute approximate surface area is 91.5 Å². The molecule has 4 rings (SSSR count). The predicted octanol–water partition coefficient (Wildman–Crippen LogP) is 3.32. The van der Waals surface area contributed by atoms with Gasteiger partial charge in [0.2, 0.25) is 0 Å². The molecule has 1 nitrogen and oxygen atoms in total. The first kappa shape index (κ1) is 8.43. The molecule has 1 aromatic heterocycles. The van der Waals surface area contributed by atoms with Gasteiger partial charge in [0.25, 0.3) is 0 Å². The summed E-state index contributed by atoms with van der Waals surface area (Å²) >= 11 is 0. The Balaban J connectivity index is 1.72. The molecule has 1 aromatic rings. The highest BCUT2D eigenvalue weighted by Crippen LogP contribution is 2.71. The maximum atomic E-state index is 2.62. The first-order chi connectivity index (χ1) is 7.27. The van der Waals surface area contributed by atoms with Crippen molar-refractivity contribution in [3.8, 4) is 0 Å². The van der Waals surface area contributed by atoms with Gasteiger partial charge in [0.05, 0.1) is 0 Å². The van der Waals surface area contributed by atoms with Crippen molar-refractivity contribution in [3.63, 3.8) is 0 Å². The van der Waals surface area contributed by atoms with E-state index in [1.54, 1.807) is 6.42 Å². The van der Waals surface area contributed by atoms with Gasteiger partial charge in [-0.3, -0.25) is 0 Å². The number of aromatic nitrogens is 1. The van der Waals surface area contributed by atoms with E-state index in [1.165, 1.54) is 24.2 Å². The fourth-order valence-electron chi connectivity index (χ4n) is 4.77. The fraction of sp³-hybridized carbons (Fsp3) is 0.714. The van der Waals surface area contributed by atoms with Gasteiger partial charge in [0.1, 0.15) is 0 Å². The third-order valence-corrected chi connectivity index (χ3v) is 5.32. The molecule has 4 atom stereocenters. The van der Waals surface area contributed by atoms with Crippen LogP contribution in [0.2, 0.25) is 0 Å². The van der Waals surface area contributed by atoms with Gasteiger partial charge in [-0.2, -0.15) is 0 Å². The minimum absolute atomic E-state index is 0.895. The molecule has 3 aliphatic rings. The summed E-state index contributed by atoms with van der Waals surface area (Å²) in [6, 6.07) is 5.46. The second-order valence-electron chi connectivity index (χ2n) is 5.96. The summed E-state index contributed by atoms with van der Waals surface area (Å²) in [5.74, 6) is 4.31. The first-order valence-electron chi connectivity index (χ1n) is 6.42. The van der Waals surface area contributed by atoms with E-state index in [-0.39, 0.29) is 0 Å². The van der Waals surface area contributed by atoms with Crippen LogP contribution in [0.1, 0.15) is 36.7 Å².